The summed E-state index contributed by atoms with van der Waals surface area (Å²) in [4.78, 5) is 12.6. The maximum atomic E-state index is 13.2. The Bertz CT molecular complexity index is 463. The van der Waals surface area contributed by atoms with Crippen LogP contribution in [0.15, 0.2) is 18.2 Å². The molecule has 0 heterocycles. The van der Waals surface area contributed by atoms with Crippen molar-refractivity contribution in [2.45, 2.75) is 37.4 Å². The molecule has 0 radical (unpaired) electrons. The number of amides is 1. The highest BCUT2D eigenvalue weighted by Crippen LogP contribution is 2.28. The Kier molecular flexibility index (Phi) is 4.97. The van der Waals surface area contributed by atoms with E-state index in [4.69, 9.17) is 0 Å². The van der Waals surface area contributed by atoms with Gasteiger partial charge >= 0.3 is 0 Å². The second-order valence-electron chi connectivity index (χ2n) is 5.30. The molecule has 0 aromatic heterocycles. The molecule has 1 aromatic rings. The van der Waals surface area contributed by atoms with Crippen LogP contribution in [-0.4, -0.2) is 17.3 Å². The van der Waals surface area contributed by atoms with Crippen molar-refractivity contribution in [3.8, 4) is 0 Å². The first-order valence-electron chi connectivity index (χ1n) is 6.74. The first-order valence-corrected chi connectivity index (χ1v) is 7.66. The Labute approximate surface area is 121 Å². The fourth-order valence-corrected chi connectivity index (χ4v) is 3.43. The quantitative estimate of drug-likeness (QED) is 0.840. The first kappa shape index (κ1) is 14.5. The van der Waals surface area contributed by atoms with Gasteiger partial charge in [0, 0.05) is 16.9 Å². The lowest BCUT2D eigenvalue weighted by molar-refractivity contribution is 0.0943. The van der Waals surface area contributed by atoms with Gasteiger partial charge in [0.2, 0.25) is 0 Å². The third kappa shape index (κ3) is 4.03. The minimum Gasteiger partial charge on any atom is -0.352 e. The van der Waals surface area contributed by atoms with E-state index >= 15 is 0 Å². The summed E-state index contributed by atoms with van der Waals surface area (Å²) < 4.78 is 13.2. The maximum absolute atomic E-state index is 13.2. The Hall–Kier alpha value is -0.900. The molecule has 0 saturated heterocycles. The van der Waals surface area contributed by atoms with E-state index in [-0.39, 0.29) is 11.7 Å². The average molecular weight is 328 g/mol. The van der Waals surface area contributed by atoms with Gasteiger partial charge in [0.15, 0.2) is 0 Å². The van der Waals surface area contributed by atoms with Gasteiger partial charge in [-0.25, -0.2) is 4.39 Å². The molecule has 2 unspecified atom stereocenters. The van der Waals surface area contributed by atoms with Crippen molar-refractivity contribution in [3.63, 3.8) is 0 Å². The number of nitrogens with one attached hydrogen (secondary N) is 1. The molecule has 2 rings (SSSR count). The molecule has 1 amide bonds. The van der Waals surface area contributed by atoms with Crippen LogP contribution < -0.4 is 5.32 Å². The molecule has 1 saturated carbocycles. The molecule has 1 fully saturated rings. The molecule has 1 aliphatic carbocycles. The number of halogens is 2. The van der Waals surface area contributed by atoms with Crippen LogP contribution in [0.1, 0.15) is 41.6 Å². The summed E-state index contributed by atoms with van der Waals surface area (Å²) in [7, 11) is 0. The van der Waals surface area contributed by atoms with Crippen LogP contribution in [0.2, 0.25) is 0 Å². The lowest BCUT2D eigenvalue weighted by Crippen LogP contribution is -2.32. The highest BCUT2D eigenvalue weighted by molar-refractivity contribution is 9.09. The van der Waals surface area contributed by atoms with Crippen LogP contribution in [0.3, 0.4) is 0 Å². The summed E-state index contributed by atoms with van der Waals surface area (Å²) in [5.41, 5.74) is 1.24. The van der Waals surface area contributed by atoms with Gasteiger partial charge in [0.05, 0.1) is 0 Å². The van der Waals surface area contributed by atoms with Gasteiger partial charge in [-0.3, -0.25) is 4.79 Å². The van der Waals surface area contributed by atoms with Crippen LogP contribution in [0.5, 0.6) is 0 Å². The zero-order chi connectivity index (χ0) is 13.8. The number of carbonyl (C=O) groups is 1. The van der Waals surface area contributed by atoms with E-state index in [1.807, 2.05) is 6.92 Å². The van der Waals surface area contributed by atoms with Gasteiger partial charge in [-0.15, -0.1) is 0 Å². The molecule has 2 nitrogen and oxygen atoms in total. The number of hydrogen-bond donors (Lipinski definition) is 1. The van der Waals surface area contributed by atoms with Crippen molar-refractivity contribution in [1.82, 2.24) is 5.32 Å². The van der Waals surface area contributed by atoms with E-state index in [0.717, 1.165) is 18.4 Å². The number of carbonyl (C=O) groups excluding carboxylic acids is 1. The Morgan fingerprint density at radius 2 is 2.26 bits per heavy atom. The Balaban J connectivity index is 1.92. The molecule has 1 aromatic carbocycles. The van der Waals surface area contributed by atoms with Gasteiger partial charge < -0.3 is 5.32 Å². The molecule has 1 aliphatic rings. The molecule has 104 valence electrons. The fraction of sp³-hybridized carbons (Fsp3) is 0.533. The second kappa shape index (κ2) is 6.51. The number of rotatable bonds is 3. The maximum Gasteiger partial charge on any atom is 0.251 e. The molecule has 1 N–H and O–H groups in total. The molecule has 19 heavy (non-hydrogen) atoms. The molecule has 0 aliphatic heterocycles. The van der Waals surface area contributed by atoms with E-state index in [2.05, 4.69) is 21.2 Å². The summed E-state index contributed by atoms with van der Waals surface area (Å²) in [6.07, 6.45) is 4.68. The summed E-state index contributed by atoms with van der Waals surface area (Å²) >= 11 is 3.64. The molecule has 0 bridgehead atoms. The number of benzene rings is 1. The van der Waals surface area contributed by atoms with Crippen molar-refractivity contribution in [3.05, 3.63) is 35.1 Å². The van der Waals surface area contributed by atoms with Crippen LogP contribution in [0, 0.1) is 18.7 Å². The second-order valence-corrected chi connectivity index (χ2v) is 6.59. The largest absolute Gasteiger partial charge is 0.352 e. The minimum atomic E-state index is -0.367. The summed E-state index contributed by atoms with van der Waals surface area (Å²) in [5.74, 6) is -0.0152. The summed E-state index contributed by atoms with van der Waals surface area (Å²) in [6, 6.07) is 4.32. The molecular weight excluding hydrogens is 309 g/mol. The zero-order valence-corrected chi connectivity index (χ0v) is 12.7. The lowest BCUT2D eigenvalue weighted by Gasteiger charge is -2.25. The highest BCUT2D eigenvalue weighted by atomic mass is 79.9. The number of hydrogen-bond acceptors (Lipinski definition) is 1. The zero-order valence-electron chi connectivity index (χ0n) is 11.1. The predicted molar refractivity (Wildman–Crippen MR) is 78.1 cm³/mol. The van der Waals surface area contributed by atoms with Crippen LogP contribution in [-0.2, 0) is 0 Å². The minimum absolute atomic E-state index is 0.173. The topological polar surface area (TPSA) is 29.1 Å². The fourth-order valence-electron chi connectivity index (χ4n) is 2.58. The lowest BCUT2D eigenvalue weighted by atomic mass is 9.89. The van der Waals surface area contributed by atoms with E-state index in [1.165, 1.54) is 25.0 Å². The normalized spacial score (nSPS) is 23.1. The monoisotopic (exact) mass is 327 g/mol. The van der Waals surface area contributed by atoms with E-state index in [9.17, 15) is 9.18 Å². The first-order chi connectivity index (χ1) is 9.06. The van der Waals surface area contributed by atoms with Crippen LogP contribution >= 0.6 is 15.9 Å². The third-order valence-electron chi connectivity index (χ3n) is 3.71. The van der Waals surface area contributed by atoms with E-state index in [0.29, 0.717) is 22.9 Å². The van der Waals surface area contributed by atoms with E-state index in [1.54, 1.807) is 6.07 Å². The SMILES string of the molecule is Cc1ccc(F)cc1C(=O)NCC1CCCC(Br)C1. The van der Waals surface area contributed by atoms with Crippen molar-refractivity contribution in [1.29, 1.82) is 0 Å². The summed E-state index contributed by atoms with van der Waals surface area (Å²) in [6.45, 7) is 2.50. The van der Waals surface area contributed by atoms with Crippen LogP contribution in [0.4, 0.5) is 4.39 Å². The highest BCUT2D eigenvalue weighted by Gasteiger charge is 2.20. The van der Waals surface area contributed by atoms with Gasteiger partial charge in [0.25, 0.3) is 5.91 Å². The number of alkyl halides is 1. The van der Waals surface area contributed by atoms with Gasteiger partial charge in [-0.2, -0.15) is 0 Å². The molecule has 2 atom stereocenters. The van der Waals surface area contributed by atoms with E-state index < -0.39 is 0 Å². The average Bonchev–Trinajstić information content (AvgIpc) is 2.39. The predicted octanol–water partition coefficient (Wildman–Crippen LogP) is 3.82. The molecule has 0 spiro atoms. The van der Waals surface area contributed by atoms with Crippen molar-refractivity contribution in [2.24, 2.45) is 5.92 Å². The molecule has 4 heteroatoms. The smallest absolute Gasteiger partial charge is 0.251 e. The van der Waals surface area contributed by atoms with Gasteiger partial charge in [-0.1, -0.05) is 28.4 Å². The standard InChI is InChI=1S/C15H19BrFNO/c1-10-5-6-13(17)8-14(10)15(19)18-9-11-3-2-4-12(16)7-11/h5-6,8,11-12H,2-4,7,9H2,1H3,(H,18,19). The van der Waals surface area contributed by atoms with Crippen molar-refractivity contribution >= 4 is 21.8 Å². The Morgan fingerprint density at radius 3 is 3.00 bits per heavy atom. The van der Waals surface area contributed by atoms with Crippen molar-refractivity contribution in [2.75, 3.05) is 6.54 Å². The Morgan fingerprint density at radius 1 is 1.47 bits per heavy atom. The van der Waals surface area contributed by atoms with Gasteiger partial charge in [-0.05, 0) is 49.8 Å². The van der Waals surface area contributed by atoms with Gasteiger partial charge in [0.1, 0.15) is 5.82 Å². The van der Waals surface area contributed by atoms with Crippen LogP contribution in [0.25, 0.3) is 0 Å². The van der Waals surface area contributed by atoms with Crippen molar-refractivity contribution < 1.29 is 9.18 Å². The number of aryl methyl sites for hydroxylation is 1. The third-order valence-corrected chi connectivity index (χ3v) is 4.55. The molecular formula is C15H19BrFNO. The summed E-state index contributed by atoms with van der Waals surface area (Å²) in [5, 5.41) is 2.93.